The Morgan fingerprint density at radius 2 is 1.96 bits per heavy atom. The molecule has 2 aromatic rings. The maximum atomic E-state index is 13.1. The van der Waals surface area contributed by atoms with Gasteiger partial charge in [-0.1, -0.05) is 0 Å². The zero-order chi connectivity index (χ0) is 18.8. The van der Waals surface area contributed by atoms with Crippen LogP contribution in [-0.2, 0) is 13.0 Å². The molecule has 0 atom stereocenters. The SMILES string of the molecule is COc1ccc(C(=O)N2CCc3nc(C)nc(N(C)C)c3C2)c(OC)c1. The van der Waals surface area contributed by atoms with E-state index in [-0.39, 0.29) is 5.91 Å². The smallest absolute Gasteiger partial charge is 0.257 e. The van der Waals surface area contributed by atoms with E-state index in [4.69, 9.17) is 9.47 Å². The highest BCUT2D eigenvalue weighted by atomic mass is 16.5. The molecule has 1 aromatic heterocycles. The van der Waals surface area contributed by atoms with Crippen molar-refractivity contribution in [3.63, 3.8) is 0 Å². The van der Waals surface area contributed by atoms with Gasteiger partial charge in [0, 0.05) is 38.7 Å². The number of aromatic nitrogens is 2. The highest BCUT2D eigenvalue weighted by Crippen LogP contribution is 2.30. The van der Waals surface area contributed by atoms with E-state index in [0.717, 1.165) is 22.9 Å². The highest BCUT2D eigenvalue weighted by Gasteiger charge is 2.28. The summed E-state index contributed by atoms with van der Waals surface area (Å²) < 4.78 is 10.6. The molecule has 0 radical (unpaired) electrons. The molecule has 1 aliphatic rings. The van der Waals surface area contributed by atoms with E-state index in [1.54, 1.807) is 32.4 Å². The van der Waals surface area contributed by atoms with Crippen molar-refractivity contribution in [2.75, 3.05) is 39.8 Å². The van der Waals surface area contributed by atoms with Crippen LogP contribution in [0, 0.1) is 6.92 Å². The van der Waals surface area contributed by atoms with Gasteiger partial charge < -0.3 is 19.3 Å². The zero-order valence-corrected chi connectivity index (χ0v) is 15.9. The van der Waals surface area contributed by atoms with Crippen molar-refractivity contribution < 1.29 is 14.3 Å². The van der Waals surface area contributed by atoms with Crippen LogP contribution in [0.15, 0.2) is 18.2 Å². The number of hydrogen-bond acceptors (Lipinski definition) is 6. The van der Waals surface area contributed by atoms with Gasteiger partial charge in [0.05, 0.1) is 32.0 Å². The number of benzene rings is 1. The zero-order valence-electron chi connectivity index (χ0n) is 15.9. The monoisotopic (exact) mass is 356 g/mol. The molecule has 0 unspecified atom stereocenters. The summed E-state index contributed by atoms with van der Waals surface area (Å²) in [6, 6.07) is 5.24. The van der Waals surface area contributed by atoms with Gasteiger partial charge in [0.15, 0.2) is 0 Å². The molecule has 1 aromatic carbocycles. The molecule has 0 bridgehead atoms. The highest BCUT2D eigenvalue weighted by molar-refractivity contribution is 5.97. The first-order valence-corrected chi connectivity index (χ1v) is 8.49. The number of fused-ring (bicyclic) bond motifs is 1. The molecule has 3 rings (SSSR count). The minimum absolute atomic E-state index is 0.0690. The van der Waals surface area contributed by atoms with Gasteiger partial charge >= 0.3 is 0 Å². The summed E-state index contributed by atoms with van der Waals surface area (Å²) in [5.41, 5.74) is 2.55. The average molecular weight is 356 g/mol. The van der Waals surface area contributed by atoms with E-state index in [9.17, 15) is 4.79 Å². The molecule has 0 spiro atoms. The summed E-state index contributed by atoms with van der Waals surface area (Å²) in [6.07, 6.45) is 0.712. The van der Waals surface area contributed by atoms with Crippen LogP contribution < -0.4 is 14.4 Å². The fourth-order valence-electron chi connectivity index (χ4n) is 3.21. The molecule has 7 nitrogen and oxygen atoms in total. The van der Waals surface area contributed by atoms with E-state index >= 15 is 0 Å². The van der Waals surface area contributed by atoms with Gasteiger partial charge in [0.25, 0.3) is 5.91 Å². The van der Waals surface area contributed by atoms with Crippen molar-refractivity contribution in [2.45, 2.75) is 19.9 Å². The van der Waals surface area contributed by atoms with E-state index in [1.807, 2.05) is 30.8 Å². The number of aryl methyl sites for hydroxylation is 1. The minimum atomic E-state index is -0.0690. The number of methoxy groups -OCH3 is 2. The van der Waals surface area contributed by atoms with Crippen LogP contribution in [0.4, 0.5) is 5.82 Å². The van der Waals surface area contributed by atoms with Gasteiger partial charge in [-0.15, -0.1) is 0 Å². The van der Waals surface area contributed by atoms with Crippen molar-refractivity contribution in [1.82, 2.24) is 14.9 Å². The summed E-state index contributed by atoms with van der Waals surface area (Å²) in [7, 11) is 7.05. The van der Waals surface area contributed by atoms with Gasteiger partial charge in [-0.05, 0) is 19.1 Å². The maximum Gasteiger partial charge on any atom is 0.257 e. The molecule has 0 fully saturated rings. The molecular weight excluding hydrogens is 332 g/mol. The summed E-state index contributed by atoms with van der Waals surface area (Å²) in [4.78, 5) is 26.0. The number of carbonyl (C=O) groups excluding carboxylic acids is 1. The molecule has 0 saturated carbocycles. The van der Waals surface area contributed by atoms with Crippen molar-refractivity contribution in [3.8, 4) is 11.5 Å². The Balaban J connectivity index is 1.93. The van der Waals surface area contributed by atoms with Gasteiger partial charge in [0.2, 0.25) is 0 Å². The third kappa shape index (κ3) is 3.29. The first kappa shape index (κ1) is 18.0. The largest absolute Gasteiger partial charge is 0.497 e. The minimum Gasteiger partial charge on any atom is -0.497 e. The number of amides is 1. The van der Waals surface area contributed by atoms with Crippen LogP contribution in [-0.4, -0.2) is 55.6 Å². The van der Waals surface area contributed by atoms with Crippen LogP contribution in [0.25, 0.3) is 0 Å². The van der Waals surface area contributed by atoms with Crippen LogP contribution >= 0.6 is 0 Å². The van der Waals surface area contributed by atoms with Crippen LogP contribution in [0.2, 0.25) is 0 Å². The number of nitrogens with zero attached hydrogens (tertiary/aromatic N) is 4. The molecule has 0 N–H and O–H groups in total. The van der Waals surface area contributed by atoms with E-state index in [2.05, 4.69) is 9.97 Å². The molecule has 0 saturated heterocycles. The second kappa shape index (κ2) is 7.19. The third-order valence-electron chi connectivity index (χ3n) is 4.50. The second-order valence-corrected chi connectivity index (χ2v) is 6.46. The van der Waals surface area contributed by atoms with Gasteiger partial charge in [-0.3, -0.25) is 4.79 Å². The average Bonchev–Trinajstić information content (AvgIpc) is 2.65. The van der Waals surface area contributed by atoms with Crippen molar-refractivity contribution in [2.24, 2.45) is 0 Å². The lowest BCUT2D eigenvalue weighted by molar-refractivity contribution is 0.0730. The summed E-state index contributed by atoms with van der Waals surface area (Å²) in [5, 5.41) is 0. The number of rotatable bonds is 4. The first-order chi connectivity index (χ1) is 12.4. The van der Waals surface area contributed by atoms with Gasteiger partial charge in [-0.2, -0.15) is 0 Å². The number of hydrogen-bond donors (Lipinski definition) is 0. The Labute approximate surface area is 153 Å². The standard InChI is InChI=1S/C19H24N4O3/c1-12-20-16-8-9-23(11-15(16)18(21-12)22(2)3)19(24)14-7-6-13(25-4)10-17(14)26-5/h6-7,10H,8-9,11H2,1-5H3. The number of ether oxygens (including phenoxy) is 2. The van der Waals surface area contributed by atoms with Crippen LogP contribution in [0.1, 0.15) is 27.4 Å². The molecule has 7 heteroatoms. The Hall–Kier alpha value is -2.83. The fraction of sp³-hybridized carbons (Fsp3) is 0.421. The normalized spacial score (nSPS) is 13.2. The summed E-state index contributed by atoms with van der Waals surface area (Å²) in [5.74, 6) is 2.71. The molecule has 1 aliphatic heterocycles. The Morgan fingerprint density at radius 1 is 1.19 bits per heavy atom. The van der Waals surface area contributed by atoms with E-state index in [1.165, 1.54) is 0 Å². The summed E-state index contributed by atoms with van der Waals surface area (Å²) >= 11 is 0. The number of carbonyl (C=O) groups is 1. The van der Waals surface area contributed by atoms with Gasteiger partial charge in [-0.25, -0.2) is 9.97 Å². The lowest BCUT2D eigenvalue weighted by Crippen LogP contribution is -2.37. The lowest BCUT2D eigenvalue weighted by atomic mass is 10.0. The fourth-order valence-corrected chi connectivity index (χ4v) is 3.21. The molecule has 1 amide bonds. The van der Waals surface area contributed by atoms with Crippen molar-refractivity contribution in [3.05, 3.63) is 40.8 Å². The third-order valence-corrected chi connectivity index (χ3v) is 4.50. The first-order valence-electron chi connectivity index (χ1n) is 8.49. The molecular formula is C19H24N4O3. The van der Waals surface area contributed by atoms with Gasteiger partial charge in [0.1, 0.15) is 23.1 Å². The van der Waals surface area contributed by atoms with Crippen molar-refractivity contribution >= 4 is 11.7 Å². The Bertz CT molecular complexity index is 836. The molecule has 138 valence electrons. The predicted molar refractivity (Wildman–Crippen MR) is 99.1 cm³/mol. The molecule has 0 aliphatic carbocycles. The van der Waals surface area contributed by atoms with E-state index in [0.29, 0.717) is 36.6 Å². The van der Waals surface area contributed by atoms with E-state index < -0.39 is 0 Å². The maximum absolute atomic E-state index is 13.1. The predicted octanol–water partition coefficient (Wildman–Crippen LogP) is 2.07. The summed E-state index contributed by atoms with van der Waals surface area (Å²) in [6.45, 7) is 2.99. The second-order valence-electron chi connectivity index (χ2n) is 6.46. The quantitative estimate of drug-likeness (QED) is 0.835. The number of anilines is 1. The van der Waals surface area contributed by atoms with Crippen molar-refractivity contribution in [1.29, 1.82) is 0 Å². The molecule has 2 heterocycles. The molecule has 26 heavy (non-hydrogen) atoms. The Kier molecular flexibility index (Phi) is 4.97. The Morgan fingerprint density at radius 3 is 2.62 bits per heavy atom. The lowest BCUT2D eigenvalue weighted by Gasteiger charge is -2.31. The van der Waals surface area contributed by atoms with Crippen LogP contribution in [0.3, 0.4) is 0 Å². The van der Waals surface area contributed by atoms with Crippen LogP contribution in [0.5, 0.6) is 11.5 Å². The topological polar surface area (TPSA) is 67.8 Å².